The Bertz CT molecular complexity index is 1410. The largest absolute Gasteiger partial charge is 0.492 e. The predicted molar refractivity (Wildman–Crippen MR) is 155 cm³/mol. The smallest absolute Gasteiger partial charge is 0.357 e. The van der Waals surface area contributed by atoms with E-state index < -0.39 is 55.6 Å². The molecule has 1 fully saturated rings. The van der Waals surface area contributed by atoms with Crippen LogP contribution in [0.1, 0.15) is 73.5 Å². The molecule has 0 aliphatic heterocycles. The molecule has 1 aliphatic carbocycles. The van der Waals surface area contributed by atoms with E-state index in [9.17, 15) is 43.1 Å². The standard InChI is InChI=1S/C27H37N3O10P2/c1-16(20-9-10-23(21(14-20)26(28)32)40-15-18-6-4-3-5-7-18)29-27(33)22(30-17(2)31)12-19-8-11-24(41(34,35)36)25(13-19)42(37,38)39/h8-11,13-14,16,18,22H,3-7,12,15H2,1-2H3,(H2,28,32)(H,29,33)(H,30,31)(H2,34,35,36)(H2,37,38,39)/t16-,22-/m0/s1. The number of benzene rings is 2. The first-order valence-corrected chi connectivity index (χ1v) is 16.7. The summed E-state index contributed by atoms with van der Waals surface area (Å²) >= 11 is 0. The first-order chi connectivity index (χ1) is 19.6. The maximum absolute atomic E-state index is 13.2. The van der Waals surface area contributed by atoms with Crippen molar-refractivity contribution in [3.8, 4) is 5.75 Å². The zero-order valence-corrected chi connectivity index (χ0v) is 25.1. The van der Waals surface area contributed by atoms with Crippen LogP contribution in [-0.4, -0.2) is 49.9 Å². The molecule has 1 saturated carbocycles. The lowest BCUT2D eigenvalue weighted by molar-refractivity contribution is -0.128. The van der Waals surface area contributed by atoms with Gasteiger partial charge in [-0.05, 0) is 61.1 Å². The Morgan fingerprint density at radius 2 is 1.60 bits per heavy atom. The van der Waals surface area contributed by atoms with Crippen molar-refractivity contribution in [3.05, 3.63) is 53.1 Å². The van der Waals surface area contributed by atoms with Gasteiger partial charge in [-0.15, -0.1) is 0 Å². The first kappa shape index (κ1) is 33.5. The minimum Gasteiger partial charge on any atom is -0.492 e. The van der Waals surface area contributed by atoms with Crippen LogP contribution in [0.2, 0.25) is 0 Å². The second-order valence-electron chi connectivity index (χ2n) is 10.5. The summed E-state index contributed by atoms with van der Waals surface area (Å²) in [6.07, 6.45) is 5.40. The van der Waals surface area contributed by atoms with Crippen LogP contribution in [0.25, 0.3) is 0 Å². The summed E-state index contributed by atoms with van der Waals surface area (Å²) in [7, 11) is -10.1. The van der Waals surface area contributed by atoms with Gasteiger partial charge < -0.3 is 40.7 Å². The maximum atomic E-state index is 13.2. The zero-order chi connectivity index (χ0) is 31.2. The van der Waals surface area contributed by atoms with E-state index in [1.807, 2.05) is 0 Å². The number of nitrogens with one attached hydrogen (secondary N) is 2. The van der Waals surface area contributed by atoms with E-state index >= 15 is 0 Å². The van der Waals surface area contributed by atoms with E-state index in [0.717, 1.165) is 37.8 Å². The number of nitrogens with two attached hydrogens (primary N) is 1. The molecule has 2 aromatic rings. The monoisotopic (exact) mass is 625 g/mol. The van der Waals surface area contributed by atoms with Crippen LogP contribution in [0.15, 0.2) is 36.4 Å². The molecule has 3 amide bonds. The SMILES string of the molecule is CC(=O)N[C@@H](Cc1ccc(P(=O)(O)O)c(P(=O)(O)O)c1)C(=O)N[C@@H](C)c1ccc(OCC2CCCCC2)c(C(N)=O)c1. The summed E-state index contributed by atoms with van der Waals surface area (Å²) in [5, 5.41) is 3.53. The summed E-state index contributed by atoms with van der Waals surface area (Å²) in [5.41, 5.74) is 6.45. The van der Waals surface area contributed by atoms with E-state index in [1.54, 1.807) is 19.1 Å². The van der Waals surface area contributed by atoms with Crippen molar-refractivity contribution in [3.63, 3.8) is 0 Å². The average Bonchev–Trinajstić information content (AvgIpc) is 2.90. The van der Waals surface area contributed by atoms with Crippen LogP contribution >= 0.6 is 15.2 Å². The lowest BCUT2D eigenvalue weighted by atomic mass is 9.90. The Kier molecular flexibility index (Phi) is 11.1. The Hall–Kier alpha value is -3.05. The summed E-state index contributed by atoms with van der Waals surface area (Å²) < 4.78 is 29.6. The molecule has 15 heteroatoms. The highest BCUT2D eigenvalue weighted by Crippen LogP contribution is 2.40. The van der Waals surface area contributed by atoms with Gasteiger partial charge in [0.25, 0.3) is 5.91 Å². The Morgan fingerprint density at radius 3 is 2.17 bits per heavy atom. The molecule has 0 aromatic heterocycles. The second kappa shape index (κ2) is 13.9. The molecule has 42 heavy (non-hydrogen) atoms. The Morgan fingerprint density at radius 1 is 0.952 bits per heavy atom. The summed E-state index contributed by atoms with van der Waals surface area (Å²) in [6.45, 7) is 3.32. The van der Waals surface area contributed by atoms with Crippen molar-refractivity contribution in [2.45, 2.75) is 64.5 Å². The highest BCUT2D eigenvalue weighted by Gasteiger charge is 2.32. The van der Waals surface area contributed by atoms with Gasteiger partial charge in [-0.2, -0.15) is 0 Å². The van der Waals surface area contributed by atoms with Crippen LogP contribution in [0, 0.1) is 5.92 Å². The van der Waals surface area contributed by atoms with Gasteiger partial charge in [0.05, 0.1) is 28.8 Å². The Balaban J connectivity index is 1.79. The van der Waals surface area contributed by atoms with E-state index in [-0.39, 0.29) is 17.5 Å². The van der Waals surface area contributed by atoms with Crippen molar-refractivity contribution in [1.82, 2.24) is 10.6 Å². The highest BCUT2D eigenvalue weighted by atomic mass is 31.2. The lowest BCUT2D eigenvalue weighted by Crippen LogP contribution is -2.48. The Labute approximate surface area is 243 Å². The van der Waals surface area contributed by atoms with Crippen LogP contribution in [-0.2, 0) is 25.1 Å². The summed E-state index contributed by atoms with van der Waals surface area (Å²) in [6, 6.07) is 6.00. The number of primary amides is 1. The van der Waals surface area contributed by atoms with Crippen molar-refractivity contribution >= 4 is 43.5 Å². The van der Waals surface area contributed by atoms with Gasteiger partial charge >= 0.3 is 15.2 Å². The van der Waals surface area contributed by atoms with Gasteiger partial charge in [-0.1, -0.05) is 31.4 Å². The third kappa shape index (κ3) is 9.22. The number of ether oxygens (including phenoxy) is 1. The topological polar surface area (TPSA) is 226 Å². The molecule has 8 N–H and O–H groups in total. The number of hydrogen-bond acceptors (Lipinski definition) is 6. The van der Waals surface area contributed by atoms with Crippen molar-refractivity contribution in [1.29, 1.82) is 0 Å². The van der Waals surface area contributed by atoms with Crippen LogP contribution < -0.4 is 31.7 Å². The van der Waals surface area contributed by atoms with E-state index in [1.165, 1.54) is 25.5 Å². The first-order valence-electron chi connectivity index (χ1n) is 13.5. The normalized spacial score (nSPS) is 15.9. The minimum atomic E-state index is -5.10. The molecule has 230 valence electrons. The fourth-order valence-electron chi connectivity index (χ4n) is 4.96. The predicted octanol–water partition coefficient (Wildman–Crippen LogP) is 1.28. The lowest BCUT2D eigenvalue weighted by Gasteiger charge is -2.23. The third-order valence-corrected chi connectivity index (χ3v) is 9.32. The van der Waals surface area contributed by atoms with Crippen LogP contribution in [0.5, 0.6) is 5.75 Å². The average molecular weight is 626 g/mol. The molecule has 0 radical (unpaired) electrons. The molecular formula is C27H37N3O10P2. The van der Waals surface area contributed by atoms with E-state index in [0.29, 0.717) is 23.8 Å². The fraction of sp³-hybridized carbons (Fsp3) is 0.444. The molecule has 0 saturated heterocycles. The molecule has 13 nitrogen and oxygen atoms in total. The number of amides is 3. The molecule has 0 bridgehead atoms. The molecule has 2 aromatic carbocycles. The minimum absolute atomic E-state index is 0.141. The molecule has 0 unspecified atom stereocenters. The number of carbonyl (C=O) groups is 3. The van der Waals surface area contributed by atoms with E-state index in [4.69, 9.17) is 10.5 Å². The molecule has 0 spiro atoms. The molecule has 1 aliphatic rings. The number of carbonyl (C=O) groups excluding carboxylic acids is 3. The van der Waals surface area contributed by atoms with Gasteiger partial charge in [-0.25, -0.2) is 0 Å². The molecule has 3 rings (SSSR count). The fourth-order valence-corrected chi connectivity index (χ4v) is 7.08. The number of rotatable bonds is 12. The highest BCUT2D eigenvalue weighted by molar-refractivity contribution is 7.67. The maximum Gasteiger partial charge on any atom is 0.357 e. The van der Waals surface area contributed by atoms with Gasteiger partial charge in [0.2, 0.25) is 11.8 Å². The second-order valence-corrected chi connectivity index (χ2v) is 13.7. The molecule has 0 heterocycles. The summed E-state index contributed by atoms with van der Waals surface area (Å²) in [5.74, 6) is -1.13. The van der Waals surface area contributed by atoms with Crippen LogP contribution in [0.4, 0.5) is 0 Å². The molecule has 2 atom stereocenters. The van der Waals surface area contributed by atoms with Crippen molar-refractivity contribution < 1.29 is 47.8 Å². The van der Waals surface area contributed by atoms with Crippen molar-refractivity contribution in [2.24, 2.45) is 11.7 Å². The van der Waals surface area contributed by atoms with E-state index in [2.05, 4.69) is 10.6 Å². The quantitative estimate of drug-likeness (QED) is 0.167. The van der Waals surface area contributed by atoms with Gasteiger partial charge in [0.1, 0.15) is 11.8 Å². The number of hydrogen-bond donors (Lipinski definition) is 7. The van der Waals surface area contributed by atoms with Gasteiger partial charge in [-0.3, -0.25) is 23.5 Å². The third-order valence-electron chi connectivity index (χ3n) is 7.13. The van der Waals surface area contributed by atoms with Crippen LogP contribution in [0.3, 0.4) is 0 Å². The van der Waals surface area contributed by atoms with Gasteiger partial charge in [0, 0.05) is 13.3 Å². The van der Waals surface area contributed by atoms with Crippen molar-refractivity contribution in [2.75, 3.05) is 6.61 Å². The summed E-state index contributed by atoms with van der Waals surface area (Å²) in [4.78, 5) is 75.6. The van der Waals surface area contributed by atoms with Gasteiger partial charge in [0.15, 0.2) is 0 Å². The molecular weight excluding hydrogens is 588 g/mol. The zero-order valence-electron chi connectivity index (χ0n) is 23.4.